The fourth-order valence-corrected chi connectivity index (χ4v) is 3.40. The lowest BCUT2D eigenvalue weighted by Crippen LogP contribution is -2.07. The molecule has 0 radical (unpaired) electrons. The van der Waals surface area contributed by atoms with Crippen molar-refractivity contribution in [3.05, 3.63) is 59.8 Å². The van der Waals surface area contributed by atoms with Gasteiger partial charge in [-0.25, -0.2) is 15.0 Å². The van der Waals surface area contributed by atoms with E-state index in [0.29, 0.717) is 34.0 Å². The molecule has 0 unspecified atom stereocenters. The molecule has 0 bridgehead atoms. The van der Waals surface area contributed by atoms with Crippen LogP contribution in [0.1, 0.15) is 47.3 Å². The van der Waals surface area contributed by atoms with Gasteiger partial charge in [-0.15, -0.1) is 0 Å². The van der Waals surface area contributed by atoms with E-state index in [1.54, 1.807) is 29.3 Å². The molecule has 29 heavy (non-hydrogen) atoms. The minimum atomic E-state index is -0.831. The largest absolute Gasteiger partial charge is 0.345 e. The van der Waals surface area contributed by atoms with Crippen LogP contribution < -0.4 is 5.32 Å². The number of hydrogen-bond acceptors (Lipinski definition) is 6. The maximum absolute atomic E-state index is 14.7. The Morgan fingerprint density at radius 1 is 1.31 bits per heavy atom. The summed E-state index contributed by atoms with van der Waals surface area (Å²) in [6.45, 7) is 2.70. The minimum Gasteiger partial charge on any atom is -0.345 e. The van der Waals surface area contributed by atoms with E-state index in [1.165, 1.54) is 12.4 Å². The Morgan fingerprint density at radius 2 is 2.17 bits per heavy atom. The second-order valence-electron chi connectivity index (χ2n) is 7.03. The summed E-state index contributed by atoms with van der Waals surface area (Å²) in [7, 11) is 0. The SMILES string of the molecule is CCn1cc(Nc2ccc(C(=O)c3c[nH]c4ncnc(C5CC5)c34)c(F)n2)cn1. The van der Waals surface area contributed by atoms with Crippen LogP contribution in [0.4, 0.5) is 15.9 Å². The van der Waals surface area contributed by atoms with Gasteiger partial charge in [0.05, 0.1) is 34.1 Å². The summed E-state index contributed by atoms with van der Waals surface area (Å²) in [5.41, 5.74) is 2.41. The highest BCUT2D eigenvalue weighted by molar-refractivity contribution is 6.16. The van der Waals surface area contributed by atoms with E-state index >= 15 is 0 Å². The molecule has 0 atom stereocenters. The molecule has 1 aliphatic carbocycles. The third-order valence-electron chi connectivity index (χ3n) is 5.03. The first-order valence-electron chi connectivity index (χ1n) is 9.46. The number of H-pyrrole nitrogens is 1. The van der Waals surface area contributed by atoms with Gasteiger partial charge in [-0.3, -0.25) is 9.48 Å². The summed E-state index contributed by atoms with van der Waals surface area (Å²) in [6, 6.07) is 3.02. The lowest BCUT2D eigenvalue weighted by Gasteiger charge is -2.07. The number of pyridine rings is 1. The number of rotatable bonds is 6. The first kappa shape index (κ1) is 17.5. The Labute approximate surface area is 165 Å². The summed E-state index contributed by atoms with van der Waals surface area (Å²) in [4.78, 5) is 28.5. The van der Waals surface area contributed by atoms with Crippen LogP contribution in [0.2, 0.25) is 0 Å². The molecule has 8 nitrogen and oxygen atoms in total. The topological polar surface area (TPSA) is 101 Å². The van der Waals surface area contributed by atoms with Gasteiger partial charge in [-0.2, -0.15) is 9.49 Å². The number of aryl methyl sites for hydroxylation is 1. The number of carbonyl (C=O) groups excluding carboxylic acids is 1. The summed E-state index contributed by atoms with van der Waals surface area (Å²) in [5.74, 6) is -0.637. The second kappa shape index (κ2) is 6.77. The molecule has 146 valence electrons. The number of nitrogens with zero attached hydrogens (tertiary/aromatic N) is 5. The van der Waals surface area contributed by atoms with E-state index in [9.17, 15) is 9.18 Å². The molecule has 1 aliphatic rings. The molecule has 4 aromatic rings. The van der Waals surface area contributed by atoms with Crippen molar-refractivity contribution in [3.8, 4) is 0 Å². The number of fused-ring (bicyclic) bond motifs is 1. The molecule has 4 heterocycles. The first-order chi connectivity index (χ1) is 14.1. The summed E-state index contributed by atoms with van der Waals surface area (Å²) in [6.07, 6.45) is 8.56. The monoisotopic (exact) mass is 391 g/mol. The van der Waals surface area contributed by atoms with E-state index in [4.69, 9.17) is 0 Å². The van der Waals surface area contributed by atoms with Crippen molar-refractivity contribution in [1.29, 1.82) is 0 Å². The van der Waals surface area contributed by atoms with Crippen molar-refractivity contribution in [1.82, 2.24) is 29.7 Å². The summed E-state index contributed by atoms with van der Waals surface area (Å²) in [5, 5.41) is 7.82. The van der Waals surface area contributed by atoms with Crippen molar-refractivity contribution in [2.24, 2.45) is 0 Å². The molecule has 1 fully saturated rings. The molecule has 2 N–H and O–H groups in total. The van der Waals surface area contributed by atoms with Gasteiger partial charge in [0.15, 0.2) is 5.78 Å². The van der Waals surface area contributed by atoms with Crippen LogP contribution in [-0.4, -0.2) is 35.5 Å². The van der Waals surface area contributed by atoms with Crippen molar-refractivity contribution in [2.45, 2.75) is 32.2 Å². The molecule has 0 aliphatic heterocycles. The Balaban J connectivity index is 1.47. The predicted molar refractivity (Wildman–Crippen MR) is 105 cm³/mol. The number of halogens is 1. The average Bonchev–Trinajstić information content (AvgIpc) is 3.32. The zero-order valence-corrected chi connectivity index (χ0v) is 15.7. The molecule has 9 heteroatoms. The standard InChI is InChI=1S/C20H18FN7O/c1-2-28-9-12(7-25-28)26-15-6-5-13(19(21)27-15)18(29)14-8-22-20-16(14)17(11-3-4-11)23-10-24-20/h5-11H,2-4H2,1H3,(H,26,27)(H,22,23,24). The van der Waals surface area contributed by atoms with Crippen LogP contribution in [0.5, 0.6) is 0 Å². The Bertz CT molecular complexity index is 1220. The lowest BCUT2D eigenvalue weighted by molar-refractivity contribution is 0.103. The highest BCUT2D eigenvalue weighted by Gasteiger charge is 2.30. The van der Waals surface area contributed by atoms with Gasteiger partial charge in [0.25, 0.3) is 0 Å². The average molecular weight is 391 g/mol. The normalized spacial score (nSPS) is 13.7. The number of aromatic amines is 1. The van der Waals surface area contributed by atoms with E-state index in [2.05, 4.69) is 30.4 Å². The molecule has 0 aromatic carbocycles. The van der Waals surface area contributed by atoms with Crippen LogP contribution in [-0.2, 0) is 6.54 Å². The van der Waals surface area contributed by atoms with Crippen molar-refractivity contribution < 1.29 is 9.18 Å². The van der Waals surface area contributed by atoms with Crippen LogP contribution in [0.3, 0.4) is 0 Å². The van der Waals surface area contributed by atoms with Gasteiger partial charge in [-0.1, -0.05) is 0 Å². The van der Waals surface area contributed by atoms with Crippen LogP contribution in [0, 0.1) is 5.95 Å². The predicted octanol–water partition coefficient (Wildman–Crippen LogP) is 3.56. The fourth-order valence-electron chi connectivity index (χ4n) is 3.40. The quantitative estimate of drug-likeness (QED) is 0.385. The van der Waals surface area contributed by atoms with Gasteiger partial charge in [-0.05, 0) is 31.9 Å². The van der Waals surface area contributed by atoms with Gasteiger partial charge in [0.2, 0.25) is 5.95 Å². The minimum absolute atomic E-state index is 0.0914. The zero-order chi connectivity index (χ0) is 20.0. The molecule has 4 aromatic heterocycles. The summed E-state index contributed by atoms with van der Waals surface area (Å²) >= 11 is 0. The van der Waals surface area contributed by atoms with E-state index in [1.807, 2.05) is 6.92 Å². The third kappa shape index (κ3) is 3.14. The van der Waals surface area contributed by atoms with Gasteiger partial charge < -0.3 is 10.3 Å². The number of hydrogen-bond donors (Lipinski definition) is 2. The zero-order valence-electron chi connectivity index (χ0n) is 15.7. The third-order valence-corrected chi connectivity index (χ3v) is 5.03. The summed E-state index contributed by atoms with van der Waals surface area (Å²) < 4.78 is 16.4. The van der Waals surface area contributed by atoms with Crippen molar-refractivity contribution in [3.63, 3.8) is 0 Å². The molecule has 0 spiro atoms. The number of nitrogens with one attached hydrogen (secondary N) is 2. The molecule has 0 amide bonds. The Hall–Kier alpha value is -3.62. The van der Waals surface area contributed by atoms with E-state index in [-0.39, 0.29) is 5.56 Å². The Kier molecular flexibility index (Phi) is 4.08. The number of aromatic nitrogens is 6. The molecule has 0 saturated heterocycles. The van der Waals surface area contributed by atoms with Gasteiger partial charge in [0.1, 0.15) is 17.8 Å². The number of carbonyl (C=O) groups is 1. The highest BCUT2D eigenvalue weighted by Crippen LogP contribution is 2.42. The van der Waals surface area contributed by atoms with Gasteiger partial charge in [0, 0.05) is 24.9 Å². The maximum Gasteiger partial charge on any atom is 0.226 e. The number of ketones is 1. The second-order valence-corrected chi connectivity index (χ2v) is 7.03. The van der Waals surface area contributed by atoms with Gasteiger partial charge >= 0.3 is 0 Å². The first-order valence-corrected chi connectivity index (χ1v) is 9.46. The van der Waals surface area contributed by atoms with Crippen molar-refractivity contribution in [2.75, 3.05) is 5.32 Å². The molecule has 1 saturated carbocycles. The van der Waals surface area contributed by atoms with Crippen LogP contribution in [0.15, 0.2) is 37.1 Å². The smallest absolute Gasteiger partial charge is 0.226 e. The maximum atomic E-state index is 14.7. The molecule has 5 rings (SSSR count). The Morgan fingerprint density at radius 3 is 2.90 bits per heavy atom. The molecular formula is C20H18FN7O. The molecular weight excluding hydrogens is 373 g/mol. The van der Waals surface area contributed by atoms with E-state index < -0.39 is 11.7 Å². The van der Waals surface area contributed by atoms with E-state index in [0.717, 1.165) is 25.1 Å². The van der Waals surface area contributed by atoms with Crippen LogP contribution >= 0.6 is 0 Å². The fraction of sp³-hybridized carbons (Fsp3) is 0.250. The van der Waals surface area contributed by atoms with Crippen LogP contribution in [0.25, 0.3) is 11.0 Å². The highest BCUT2D eigenvalue weighted by atomic mass is 19.1. The number of anilines is 2. The lowest BCUT2D eigenvalue weighted by atomic mass is 10.0. The van der Waals surface area contributed by atoms with Crippen molar-refractivity contribution >= 4 is 28.3 Å².